The van der Waals surface area contributed by atoms with E-state index in [1.54, 1.807) is 0 Å². The van der Waals surface area contributed by atoms with Gasteiger partial charge in [0, 0.05) is 21.9 Å². The van der Waals surface area contributed by atoms with Crippen LogP contribution < -0.4 is 0 Å². The number of hydrogen-bond acceptors (Lipinski definition) is 3. The Labute approximate surface area is 288 Å². The minimum atomic E-state index is -0.523. The van der Waals surface area contributed by atoms with Gasteiger partial charge in [-0.05, 0) is 85.2 Å². The van der Waals surface area contributed by atoms with Crippen LogP contribution in [-0.4, -0.2) is 9.97 Å². The van der Waals surface area contributed by atoms with Gasteiger partial charge in [0.1, 0.15) is 16.8 Å². The molecule has 0 bridgehead atoms. The summed E-state index contributed by atoms with van der Waals surface area (Å²) in [5.41, 5.74) is 8.13. The molecule has 1 aliphatic carbocycles. The van der Waals surface area contributed by atoms with Gasteiger partial charge >= 0.3 is 0 Å². The highest BCUT2D eigenvalue weighted by Crippen LogP contribution is 2.55. The molecule has 2 heterocycles. The van der Waals surface area contributed by atoms with Crippen molar-refractivity contribution in [3.05, 3.63) is 157 Å². The second-order valence-corrected chi connectivity index (χ2v) is 12.8. The second kappa shape index (κ2) is 9.97. The van der Waals surface area contributed by atoms with Crippen LogP contribution in [-0.2, 0) is 5.41 Å². The summed E-state index contributed by atoms with van der Waals surface area (Å²) >= 11 is 0. The Morgan fingerprint density at radius 2 is 1.42 bits per heavy atom. The maximum absolute atomic E-state index is 9.44. The molecule has 0 aliphatic heterocycles. The van der Waals surface area contributed by atoms with Crippen molar-refractivity contribution in [1.82, 2.24) is 9.97 Å². The number of fused-ring (bicyclic) bond motifs is 9. The van der Waals surface area contributed by atoms with Gasteiger partial charge in [0.05, 0.1) is 9.60 Å². The lowest BCUT2D eigenvalue weighted by Crippen LogP contribution is -2.15. The zero-order valence-electron chi connectivity index (χ0n) is 33.1. The van der Waals surface area contributed by atoms with Crippen molar-refractivity contribution in [1.29, 1.82) is 0 Å². The number of hydrogen-bond donors (Lipinski definition) is 0. The van der Waals surface area contributed by atoms with Crippen LogP contribution in [0.5, 0.6) is 0 Å². The van der Waals surface area contributed by atoms with Crippen LogP contribution in [0.15, 0.2) is 150 Å². The van der Waals surface area contributed by atoms with Gasteiger partial charge in [-0.3, -0.25) is 0 Å². The molecule has 3 heteroatoms. The van der Waals surface area contributed by atoms with Gasteiger partial charge in [-0.2, -0.15) is 0 Å². The molecule has 48 heavy (non-hydrogen) atoms. The number of rotatable bonds is 3. The van der Waals surface area contributed by atoms with E-state index >= 15 is 0 Å². The van der Waals surface area contributed by atoms with E-state index in [0.717, 1.165) is 44.2 Å². The Balaban J connectivity index is 1.36. The van der Waals surface area contributed by atoms with Crippen LogP contribution in [0.2, 0.25) is 0 Å². The fourth-order valence-corrected chi connectivity index (χ4v) is 7.48. The van der Waals surface area contributed by atoms with E-state index in [2.05, 4.69) is 68.4 Å². The Morgan fingerprint density at radius 3 is 2.31 bits per heavy atom. The number of nitrogens with zero attached hydrogens (tertiary/aromatic N) is 2. The molecule has 10 rings (SSSR count). The van der Waals surface area contributed by atoms with Gasteiger partial charge in [0.15, 0.2) is 11.4 Å². The predicted molar refractivity (Wildman–Crippen MR) is 198 cm³/mol. The topological polar surface area (TPSA) is 38.9 Å². The summed E-state index contributed by atoms with van der Waals surface area (Å²) < 4.78 is 68.1. The molecule has 0 saturated heterocycles. The van der Waals surface area contributed by atoms with Crippen molar-refractivity contribution in [2.24, 2.45) is 0 Å². The van der Waals surface area contributed by atoms with E-state index < -0.39 is 36.3 Å². The highest BCUT2D eigenvalue weighted by Gasteiger charge is 2.39. The maximum atomic E-state index is 9.44. The van der Waals surface area contributed by atoms with Gasteiger partial charge in [0.25, 0.3) is 0 Å². The summed E-state index contributed by atoms with van der Waals surface area (Å²) in [6, 6.07) is 31.6. The first-order valence-corrected chi connectivity index (χ1v) is 15.9. The van der Waals surface area contributed by atoms with Gasteiger partial charge in [0.2, 0.25) is 0 Å². The molecule has 0 spiro atoms. The Kier molecular flexibility index (Phi) is 4.35. The first-order chi connectivity index (χ1) is 26.5. The van der Waals surface area contributed by atoms with Crippen molar-refractivity contribution in [2.45, 2.75) is 19.3 Å². The third kappa shape index (κ3) is 3.88. The molecule has 7 aromatic carbocycles. The molecular formula is C45H30N2O. The molecule has 0 radical (unpaired) electrons. The Morgan fingerprint density at radius 1 is 0.625 bits per heavy atom. The van der Waals surface area contributed by atoms with Crippen LogP contribution in [0.1, 0.15) is 34.6 Å². The SMILES string of the molecule is [2H]c1c([2H])c([2H])c2c([2H])c(-c3nc(-c4cc5cc(-c6ccccc6)ccc5c5c4-c4ccccc4C5(C)C)nc4c3oc3ccccc34)c([2H])c([2H])c2c1[2H]. The lowest BCUT2D eigenvalue weighted by molar-refractivity contribution is 0.666. The molecule has 1 aliphatic rings. The zero-order valence-corrected chi connectivity index (χ0v) is 26.1. The van der Waals surface area contributed by atoms with Gasteiger partial charge in [-0.25, -0.2) is 9.97 Å². The smallest absolute Gasteiger partial charge is 0.180 e. The van der Waals surface area contributed by atoms with E-state index in [4.69, 9.17) is 21.2 Å². The second-order valence-electron chi connectivity index (χ2n) is 12.8. The van der Waals surface area contributed by atoms with E-state index in [0.29, 0.717) is 22.3 Å². The Bertz CT molecular complexity index is 3150. The summed E-state index contributed by atoms with van der Waals surface area (Å²) in [7, 11) is 0. The molecule has 9 aromatic rings. The number of furan rings is 1. The fourth-order valence-electron chi connectivity index (χ4n) is 7.48. The van der Waals surface area contributed by atoms with E-state index in [1.165, 1.54) is 5.56 Å². The predicted octanol–water partition coefficient (Wildman–Crippen LogP) is 12.0. The molecule has 0 saturated carbocycles. The lowest BCUT2D eigenvalue weighted by atomic mass is 9.79. The normalized spacial score (nSPS) is 15.4. The number of aromatic nitrogens is 2. The van der Waals surface area contributed by atoms with Crippen molar-refractivity contribution < 1.29 is 14.0 Å². The van der Waals surface area contributed by atoms with Crippen LogP contribution in [0.25, 0.3) is 88.5 Å². The van der Waals surface area contributed by atoms with Crippen LogP contribution in [0, 0.1) is 0 Å². The van der Waals surface area contributed by atoms with E-state index in [-0.39, 0.29) is 39.1 Å². The van der Waals surface area contributed by atoms with Gasteiger partial charge in [-0.15, -0.1) is 0 Å². The zero-order chi connectivity index (χ0) is 38.1. The van der Waals surface area contributed by atoms with Gasteiger partial charge in [-0.1, -0.05) is 129 Å². The lowest BCUT2D eigenvalue weighted by Gasteiger charge is -2.24. The standard InChI is InChI=1S/C45H30N2O/c1-45(2)37-18-10-8-16-34(37)39-36(26-32-25-30(22-23-33(32)40(39)45)27-12-4-3-5-13-27)44-46-41(31-21-20-28-14-6-7-15-29(28)24-31)43-42(47-44)35-17-9-11-19-38(35)48-43/h3-26H,1-2H3/i6D,7D,14D,15D,20D,21D,24D. The average Bonchev–Trinajstić information content (AvgIpc) is 3.69. The van der Waals surface area contributed by atoms with Crippen molar-refractivity contribution in [3.8, 4) is 44.9 Å². The highest BCUT2D eigenvalue weighted by molar-refractivity contribution is 6.09. The molecule has 226 valence electrons. The third-order valence-corrected chi connectivity index (χ3v) is 9.69. The van der Waals surface area contributed by atoms with Crippen molar-refractivity contribution >= 4 is 43.6 Å². The first kappa shape index (κ1) is 20.9. The number of para-hydroxylation sites is 1. The first-order valence-electron chi connectivity index (χ1n) is 19.4. The van der Waals surface area contributed by atoms with Crippen LogP contribution in [0.3, 0.4) is 0 Å². The molecule has 0 unspecified atom stereocenters. The molecule has 2 aromatic heterocycles. The van der Waals surface area contributed by atoms with Crippen molar-refractivity contribution in [2.75, 3.05) is 0 Å². The largest absolute Gasteiger partial charge is 0.452 e. The summed E-state index contributed by atoms with van der Waals surface area (Å²) in [5, 5.41) is 2.48. The maximum Gasteiger partial charge on any atom is 0.180 e. The van der Waals surface area contributed by atoms with Gasteiger partial charge < -0.3 is 4.42 Å². The molecule has 0 amide bonds. The molecule has 0 atom stereocenters. The molecule has 0 N–H and O–H groups in total. The Hall–Kier alpha value is -6.06. The van der Waals surface area contributed by atoms with E-state index in [9.17, 15) is 2.74 Å². The fraction of sp³-hybridized carbons (Fsp3) is 0.0667. The summed E-state index contributed by atoms with van der Waals surface area (Å²) in [5.74, 6) is 0.338. The quantitative estimate of drug-likeness (QED) is 0.197. The van der Waals surface area contributed by atoms with Crippen LogP contribution >= 0.6 is 0 Å². The summed E-state index contributed by atoms with van der Waals surface area (Å²) in [6.07, 6.45) is 0. The molecule has 3 nitrogen and oxygen atoms in total. The number of benzene rings is 7. The highest BCUT2D eigenvalue weighted by atomic mass is 16.3. The minimum Gasteiger partial charge on any atom is -0.452 e. The minimum absolute atomic E-state index is 0.0697. The molecule has 0 fully saturated rings. The van der Waals surface area contributed by atoms with Crippen molar-refractivity contribution in [3.63, 3.8) is 0 Å². The van der Waals surface area contributed by atoms with E-state index in [1.807, 2.05) is 48.5 Å². The molecular weight excluding hydrogens is 585 g/mol. The van der Waals surface area contributed by atoms with Crippen LogP contribution in [0.4, 0.5) is 0 Å². The summed E-state index contributed by atoms with van der Waals surface area (Å²) in [4.78, 5) is 10.4. The average molecular weight is 622 g/mol. The monoisotopic (exact) mass is 621 g/mol. The summed E-state index contributed by atoms with van der Waals surface area (Å²) in [6.45, 7) is 4.47. The third-order valence-electron chi connectivity index (χ3n) is 9.69.